The highest BCUT2D eigenvalue weighted by molar-refractivity contribution is 6.06. The van der Waals surface area contributed by atoms with E-state index in [2.05, 4.69) is 28.1 Å². The van der Waals surface area contributed by atoms with Crippen LogP contribution in [0.25, 0.3) is 0 Å². The average Bonchev–Trinajstić information content (AvgIpc) is 3.11. The number of fused-ring (bicyclic) bond motifs is 1. The van der Waals surface area contributed by atoms with Crippen molar-refractivity contribution in [2.24, 2.45) is 0 Å². The normalized spacial score (nSPS) is 19.8. The topological polar surface area (TPSA) is 49.3 Å². The summed E-state index contributed by atoms with van der Waals surface area (Å²) < 4.78 is 0. The van der Waals surface area contributed by atoms with Crippen molar-refractivity contribution < 1.29 is 4.79 Å². The number of amides is 1. The highest BCUT2D eigenvalue weighted by atomic mass is 16.2. The SMILES string of the molecule is CCC1CCCCN1c1ccc(C(=O)N2CCc3ccccc32)nn1. The van der Waals surface area contributed by atoms with Crippen LogP contribution in [-0.2, 0) is 6.42 Å². The maximum absolute atomic E-state index is 12.8. The van der Waals surface area contributed by atoms with Gasteiger partial charge in [0.2, 0.25) is 0 Å². The van der Waals surface area contributed by atoms with E-state index in [1.165, 1.54) is 24.8 Å². The molecule has 0 bridgehead atoms. The lowest BCUT2D eigenvalue weighted by Crippen LogP contribution is -2.40. The first-order chi connectivity index (χ1) is 12.3. The van der Waals surface area contributed by atoms with E-state index in [0.29, 0.717) is 18.3 Å². The third-order valence-electron chi connectivity index (χ3n) is 5.39. The van der Waals surface area contributed by atoms with Gasteiger partial charge in [0.05, 0.1) is 0 Å². The van der Waals surface area contributed by atoms with Gasteiger partial charge in [-0.3, -0.25) is 4.79 Å². The Morgan fingerprint density at radius 3 is 2.80 bits per heavy atom. The van der Waals surface area contributed by atoms with E-state index in [9.17, 15) is 4.79 Å². The lowest BCUT2D eigenvalue weighted by Gasteiger charge is -2.35. The molecule has 0 radical (unpaired) electrons. The van der Waals surface area contributed by atoms with Crippen LogP contribution < -0.4 is 9.80 Å². The Labute approximate surface area is 148 Å². The van der Waals surface area contributed by atoms with Crippen LogP contribution in [-0.4, -0.2) is 35.2 Å². The molecule has 0 spiro atoms. The molecular formula is C20H24N4O. The summed E-state index contributed by atoms with van der Waals surface area (Å²) in [7, 11) is 0. The molecule has 1 amide bonds. The zero-order chi connectivity index (χ0) is 17.2. The molecule has 0 N–H and O–H groups in total. The minimum absolute atomic E-state index is 0.0605. The molecule has 1 unspecified atom stereocenters. The van der Waals surface area contributed by atoms with Gasteiger partial charge in [-0.1, -0.05) is 25.1 Å². The van der Waals surface area contributed by atoms with Crippen LogP contribution in [0.2, 0.25) is 0 Å². The molecule has 1 aromatic carbocycles. The third kappa shape index (κ3) is 2.99. The molecule has 1 fully saturated rings. The van der Waals surface area contributed by atoms with Gasteiger partial charge in [-0.05, 0) is 55.9 Å². The van der Waals surface area contributed by atoms with E-state index >= 15 is 0 Å². The summed E-state index contributed by atoms with van der Waals surface area (Å²) in [6.45, 7) is 3.96. The molecule has 1 saturated heterocycles. The van der Waals surface area contributed by atoms with Crippen molar-refractivity contribution >= 4 is 17.4 Å². The fourth-order valence-corrected chi connectivity index (χ4v) is 4.01. The number of piperidine rings is 1. The number of benzene rings is 1. The second kappa shape index (κ2) is 6.82. The van der Waals surface area contributed by atoms with Gasteiger partial charge in [0, 0.05) is 24.8 Å². The number of para-hydroxylation sites is 1. The van der Waals surface area contributed by atoms with Crippen LogP contribution in [0.15, 0.2) is 36.4 Å². The van der Waals surface area contributed by atoms with Crippen LogP contribution in [0.5, 0.6) is 0 Å². The highest BCUT2D eigenvalue weighted by Gasteiger charge is 2.27. The summed E-state index contributed by atoms with van der Waals surface area (Å²) in [6, 6.07) is 12.4. The van der Waals surface area contributed by atoms with Crippen molar-refractivity contribution in [3.63, 3.8) is 0 Å². The first-order valence-corrected chi connectivity index (χ1v) is 9.28. The van der Waals surface area contributed by atoms with E-state index in [0.717, 1.165) is 30.9 Å². The Hall–Kier alpha value is -2.43. The van der Waals surface area contributed by atoms with Gasteiger partial charge in [0.1, 0.15) is 0 Å². The second-order valence-electron chi connectivity index (χ2n) is 6.86. The Bertz CT molecular complexity index is 759. The second-order valence-corrected chi connectivity index (χ2v) is 6.86. The van der Waals surface area contributed by atoms with Crippen molar-refractivity contribution in [2.45, 2.75) is 45.1 Å². The molecule has 3 heterocycles. The van der Waals surface area contributed by atoms with Crippen LogP contribution in [0.1, 0.15) is 48.7 Å². The van der Waals surface area contributed by atoms with Gasteiger partial charge in [0.15, 0.2) is 11.5 Å². The van der Waals surface area contributed by atoms with Gasteiger partial charge in [-0.15, -0.1) is 10.2 Å². The van der Waals surface area contributed by atoms with Crippen molar-refractivity contribution in [3.05, 3.63) is 47.7 Å². The maximum atomic E-state index is 12.8. The number of nitrogens with zero attached hydrogens (tertiary/aromatic N) is 4. The molecule has 1 atom stereocenters. The smallest absolute Gasteiger partial charge is 0.278 e. The van der Waals surface area contributed by atoms with Crippen LogP contribution >= 0.6 is 0 Å². The van der Waals surface area contributed by atoms with Crippen molar-refractivity contribution in [1.82, 2.24) is 10.2 Å². The summed E-state index contributed by atoms with van der Waals surface area (Å²) in [5.74, 6) is 0.833. The Morgan fingerprint density at radius 1 is 1.12 bits per heavy atom. The van der Waals surface area contributed by atoms with E-state index in [4.69, 9.17) is 0 Å². The summed E-state index contributed by atoms with van der Waals surface area (Å²) in [5.41, 5.74) is 2.64. The number of aromatic nitrogens is 2. The standard InChI is InChI=1S/C20H24N4O/c1-2-16-8-5-6-13-23(16)19-11-10-17(21-22-19)20(25)24-14-12-15-7-3-4-9-18(15)24/h3-4,7,9-11,16H,2,5-6,8,12-14H2,1H3. The predicted octanol–water partition coefficient (Wildman–Crippen LogP) is 3.45. The molecular weight excluding hydrogens is 312 g/mol. The molecule has 25 heavy (non-hydrogen) atoms. The molecule has 2 aliphatic rings. The lowest BCUT2D eigenvalue weighted by molar-refractivity contribution is 0.0983. The Balaban J connectivity index is 1.53. The molecule has 0 aliphatic carbocycles. The first kappa shape index (κ1) is 16.1. The Morgan fingerprint density at radius 2 is 2.00 bits per heavy atom. The molecule has 5 nitrogen and oxygen atoms in total. The fourth-order valence-electron chi connectivity index (χ4n) is 4.01. The summed E-state index contributed by atoms with van der Waals surface area (Å²) in [6.07, 6.45) is 5.71. The van der Waals surface area contributed by atoms with Crippen molar-refractivity contribution in [2.75, 3.05) is 22.9 Å². The van der Waals surface area contributed by atoms with E-state index in [1.54, 1.807) is 0 Å². The zero-order valence-electron chi connectivity index (χ0n) is 14.7. The minimum atomic E-state index is -0.0605. The number of hydrogen-bond acceptors (Lipinski definition) is 4. The molecule has 2 aromatic rings. The first-order valence-electron chi connectivity index (χ1n) is 9.28. The van der Waals surface area contributed by atoms with Crippen LogP contribution in [0, 0.1) is 0 Å². The van der Waals surface area contributed by atoms with E-state index in [1.807, 2.05) is 35.2 Å². The quantitative estimate of drug-likeness (QED) is 0.861. The van der Waals surface area contributed by atoms with Gasteiger partial charge in [0.25, 0.3) is 5.91 Å². The molecule has 130 valence electrons. The molecule has 4 rings (SSSR count). The highest BCUT2D eigenvalue weighted by Crippen LogP contribution is 2.29. The van der Waals surface area contributed by atoms with Crippen molar-refractivity contribution in [3.8, 4) is 0 Å². The van der Waals surface area contributed by atoms with Gasteiger partial charge < -0.3 is 9.80 Å². The summed E-state index contributed by atoms with van der Waals surface area (Å²) in [5, 5.41) is 8.63. The number of rotatable bonds is 3. The predicted molar refractivity (Wildman–Crippen MR) is 99.1 cm³/mol. The van der Waals surface area contributed by atoms with E-state index < -0.39 is 0 Å². The fraction of sp³-hybridized carbons (Fsp3) is 0.450. The Kier molecular flexibility index (Phi) is 4.38. The molecule has 5 heteroatoms. The lowest BCUT2D eigenvalue weighted by atomic mass is 10.0. The maximum Gasteiger partial charge on any atom is 0.278 e. The number of carbonyl (C=O) groups excluding carboxylic acids is 1. The molecule has 0 saturated carbocycles. The van der Waals surface area contributed by atoms with E-state index in [-0.39, 0.29) is 5.91 Å². The molecule has 2 aliphatic heterocycles. The number of anilines is 2. The van der Waals surface area contributed by atoms with Gasteiger partial charge >= 0.3 is 0 Å². The van der Waals surface area contributed by atoms with Gasteiger partial charge in [-0.2, -0.15) is 0 Å². The molecule has 1 aromatic heterocycles. The average molecular weight is 336 g/mol. The number of hydrogen-bond donors (Lipinski definition) is 0. The summed E-state index contributed by atoms with van der Waals surface area (Å²) in [4.78, 5) is 17.0. The zero-order valence-corrected chi connectivity index (χ0v) is 14.7. The monoisotopic (exact) mass is 336 g/mol. The third-order valence-corrected chi connectivity index (χ3v) is 5.39. The van der Waals surface area contributed by atoms with Gasteiger partial charge in [-0.25, -0.2) is 0 Å². The van der Waals surface area contributed by atoms with Crippen LogP contribution in [0.4, 0.5) is 11.5 Å². The minimum Gasteiger partial charge on any atom is -0.352 e. The summed E-state index contributed by atoms with van der Waals surface area (Å²) >= 11 is 0. The van der Waals surface area contributed by atoms with Crippen molar-refractivity contribution in [1.29, 1.82) is 0 Å². The number of carbonyl (C=O) groups is 1. The van der Waals surface area contributed by atoms with Crippen LogP contribution in [0.3, 0.4) is 0 Å². The largest absolute Gasteiger partial charge is 0.352 e.